The Hall–Kier alpha value is -2.45. The molecule has 1 saturated carbocycles. The van der Waals surface area contributed by atoms with Crippen LogP contribution in [0.2, 0.25) is 0 Å². The maximum Gasteiger partial charge on any atom is 0.244 e. The number of carbonyl (C=O) groups is 1. The van der Waals surface area contributed by atoms with Crippen molar-refractivity contribution in [3.63, 3.8) is 0 Å². The zero-order valence-corrected chi connectivity index (χ0v) is 17.1. The standard InChI is InChI=1S/C21H26FN3O3S/c1-15(25-29(27,28)20-10-6-5-9-19(20)22)21(26)24-18-13-11-17(12-14-18)23-16-7-3-2-4-8-16/h5-6,9-16,23,25H,2-4,7-8H2,1H3,(H,24,26)/t15-/m0/s1. The Morgan fingerprint density at radius 3 is 2.28 bits per heavy atom. The highest BCUT2D eigenvalue weighted by molar-refractivity contribution is 7.89. The molecule has 2 aromatic carbocycles. The molecule has 0 aromatic heterocycles. The molecular weight excluding hydrogens is 393 g/mol. The summed E-state index contributed by atoms with van der Waals surface area (Å²) in [5.41, 5.74) is 1.55. The van der Waals surface area contributed by atoms with Gasteiger partial charge in [0.2, 0.25) is 15.9 Å². The van der Waals surface area contributed by atoms with Crippen molar-refractivity contribution >= 4 is 27.3 Å². The lowest BCUT2D eigenvalue weighted by molar-refractivity contribution is -0.117. The van der Waals surface area contributed by atoms with E-state index in [2.05, 4.69) is 15.4 Å². The van der Waals surface area contributed by atoms with Crippen LogP contribution in [-0.4, -0.2) is 26.4 Å². The molecule has 2 aromatic rings. The van der Waals surface area contributed by atoms with Gasteiger partial charge in [-0.1, -0.05) is 31.4 Å². The Balaban J connectivity index is 1.57. The lowest BCUT2D eigenvalue weighted by atomic mass is 9.95. The molecule has 0 aliphatic heterocycles. The van der Waals surface area contributed by atoms with Crippen molar-refractivity contribution in [1.82, 2.24) is 4.72 Å². The number of amides is 1. The first-order chi connectivity index (χ1) is 13.8. The summed E-state index contributed by atoms with van der Waals surface area (Å²) in [6.07, 6.45) is 6.11. The summed E-state index contributed by atoms with van der Waals surface area (Å²) in [6, 6.07) is 11.8. The van der Waals surface area contributed by atoms with E-state index in [4.69, 9.17) is 0 Å². The van der Waals surface area contributed by atoms with Crippen LogP contribution in [0.25, 0.3) is 0 Å². The number of carbonyl (C=O) groups excluding carboxylic acids is 1. The average molecular weight is 420 g/mol. The molecule has 0 saturated heterocycles. The van der Waals surface area contributed by atoms with Crippen LogP contribution in [0, 0.1) is 5.82 Å². The Morgan fingerprint density at radius 2 is 1.62 bits per heavy atom. The van der Waals surface area contributed by atoms with Gasteiger partial charge in [0.1, 0.15) is 10.7 Å². The quantitative estimate of drug-likeness (QED) is 0.636. The largest absolute Gasteiger partial charge is 0.382 e. The Morgan fingerprint density at radius 1 is 1.00 bits per heavy atom. The molecule has 1 aliphatic rings. The smallest absolute Gasteiger partial charge is 0.244 e. The normalized spacial score (nSPS) is 16.2. The number of anilines is 2. The highest BCUT2D eigenvalue weighted by Crippen LogP contribution is 2.22. The second kappa shape index (κ2) is 9.37. The zero-order chi connectivity index (χ0) is 20.9. The van der Waals surface area contributed by atoms with Crippen molar-refractivity contribution in [3.8, 4) is 0 Å². The third kappa shape index (κ3) is 5.77. The van der Waals surface area contributed by atoms with Crippen LogP contribution < -0.4 is 15.4 Å². The van der Waals surface area contributed by atoms with Gasteiger partial charge in [0.25, 0.3) is 0 Å². The van der Waals surface area contributed by atoms with Crippen LogP contribution >= 0.6 is 0 Å². The molecular formula is C21H26FN3O3S. The highest BCUT2D eigenvalue weighted by atomic mass is 32.2. The molecule has 29 heavy (non-hydrogen) atoms. The van der Waals surface area contributed by atoms with Crippen molar-refractivity contribution < 1.29 is 17.6 Å². The fraction of sp³-hybridized carbons (Fsp3) is 0.381. The minimum atomic E-state index is -4.15. The van der Waals surface area contributed by atoms with E-state index >= 15 is 0 Å². The van der Waals surface area contributed by atoms with Crippen LogP contribution in [0.3, 0.4) is 0 Å². The Bertz CT molecular complexity index is 942. The Kier molecular flexibility index (Phi) is 6.87. The number of benzene rings is 2. The Labute approximate surface area is 171 Å². The molecule has 0 bridgehead atoms. The van der Waals surface area contributed by atoms with Crippen molar-refractivity contribution in [2.75, 3.05) is 10.6 Å². The molecule has 6 nitrogen and oxygen atoms in total. The van der Waals surface area contributed by atoms with Gasteiger partial charge in [-0.3, -0.25) is 4.79 Å². The minimum absolute atomic E-state index is 0.483. The topological polar surface area (TPSA) is 87.3 Å². The van der Waals surface area contributed by atoms with Gasteiger partial charge < -0.3 is 10.6 Å². The van der Waals surface area contributed by atoms with E-state index in [1.807, 2.05) is 12.1 Å². The summed E-state index contributed by atoms with van der Waals surface area (Å²) in [6.45, 7) is 1.41. The first-order valence-corrected chi connectivity index (χ1v) is 11.3. The molecule has 0 unspecified atom stereocenters. The predicted octanol–water partition coefficient (Wildman–Crippen LogP) is 3.88. The van der Waals surface area contributed by atoms with Crippen molar-refractivity contribution in [2.45, 2.75) is 56.0 Å². The summed E-state index contributed by atoms with van der Waals surface area (Å²) in [7, 11) is -4.15. The fourth-order valence-corrected chi connectivity index (χ4v) is 4.68. The molecule has 1 amide bonds. The molecule has 3 rings (SSSR count). The van der Waals surface area contributed by atoms with E-state index < -0.39 is 32.7 Å². The number of hydrogen-bond donors (Lipinski definition) is 3. The maximum atomic E-state index is 13.8. The molecule has 0 radical (unpaired) electrons. The molecule has 8 heteroatoms. The van der Waals surface area contributed by atoms with Gasteiger partial charge in [-0.15, -0.1) is 0 Å². The molecule has 1 aliphatic carbocycles. The van der Waals surface area contributed by atoms with Gasteiger partial charge in [0.15, 0.2) is 0 Å². The first-order valence-electron chi connectivity index (χ1n) is 9.79. The van der Waals surface area contributed by atoms with Gasteiger partial charge in [0.05, 0.1) is 6.04 Å². The van der Waals surface area contributed by atoms with Crippen LogP contribution in [0.4, 0.5) is 15.8 Å². The van der Waals surface area contributed by atoms with E-state index in [9.17, 15) is 17.6 Å². The van der Waals surface area contributed by atoms with Crippen molar-refractivity contribution in [3.05, 3.63) is 54.3 Å². The summed E-state index contributed by atoms with van der Waals surface area (Å²) < 4.78 is 40.6. The number of halogens is 1. The molecule has 156 valence electrons. The van der Waals surface area contributed by atoms with E-state index in [1.54, 1.807) is 12.1 Å². The maximum absolute atomic E-state index is 13.8. The lowest BCUT2D eigenvalue weighted by Gasteiger charge is -2.24. The van der Waals surface area contributed by atoms with E-state index in [0.717, 1.165) is 30.7 Å². The number of sulfonamides is 1. The third-order valence-electron chi connectivity index (χ3n) is 4.98. The average Bonchev–Trinajstić information content (AvgIpc) is 2.70. The summed E-state index contributed by atoms with van der Waals surface area (Å²) in [5.74, 6) is -1.40. The minimum Gasteiger partial charge on any atom is -0.382 e. The second-order valence-corrected chi connectivity index (χ2v) is 9.00. The number of nitrogens with one attached hydrogen (secondary N) is 3. The molecule has 1 atom stereocenters. The van der Waals surface area contributed by atoms with Crippen molar-refractivity contribution in [1.29, 1.82) is 0 Å². The monoisotopic (exact) mass is 419 g/mol. The third-order valence-corrected chi connectivity index (χ3v) is 6.55. The fourth-order valence-electron chi connectivity index (χ4n) is 3.40. The van der Waals surface area contributed by atoms with E-state index in [0.29, 0.717) is 11.7 Å². The van der Waals surface area contributed by atoms with Gasteiger partial charge in [-0.2, -0.15) is 4.72 Å². The second-order valence-electron chi connectivity index (χ2n) is 7.32. The van der Waals surface area contributed by atoms with E-state index in [1.165, 1.54) is 38.3 Å². The first kappa shape index (κ1) is 21.3. The van der Waals surface area contributed by atoms with Gasteiger partial charge in [0, 0.05) is 17.4 Å². The van der Waals surface area contributed by atoms with Gasteiger partial charge in [-0.05, 0) is 56.2 Å². The molecule has 0 heterocycles. The number of hydrogen-bond acceptors (Lipinski definition) is 4. The SMILES string of the molecule is C[C@H](NS(=O)(=O)c1ccccc1F)C(=O)Nc1ccc(NC2CCCCC2)cc1. The van der Waals surface area contributed by atoms with Crippen LogP contribution in [0.1, 0.15) is 39.0 Å². The van der Waals surface area contributed by atoms with Crippen LogP contribution in [0.15, 0.2) is 53.4 Å². The molecule has 0 spiro atoms. The number of rotatable bonds is 7. The highest BCUT2D eigenvalue weighted by Gasteiger charge is 2.24. The van der Waals surface area contributed by atoms with Gasteiger partial charge >= 0.3 is 0 Å². The summed E-state index contributed by atoms with van der Waals surface area (Å²) in [5, 5.41) is 6.17. The van der Waals surface area contributed by atoms with E-state index in [-0.39, 0.29) is 0 Å². The lowest BCUT2D eigenvalue weighted by Crippen LogP contribution is -2.41. The summed E-state index contributed by atoms with van der Waals surface area (Å²) in [4.78, 5) is 11.9. The van der Waals surface area contributed by atoms with Crippen LogP contribution in [-0.2, 0) is 14.8 Å². The zero-order valence-electron chi connectivity index (χ0n) is 16.3. The molecule has 3 N–H and O–H groups in total. The molecule has 1 fully saturated rings. The summed E-state index contributed by atoms with van der Waals surface area (Å²) >= 11 is 0. The van der Waals surface area contributed by atoms with Gasteiger partial charge in [-0.25, -0.2) is 12.8 Å². The predicted molar refractivity (Wildman–Crippen MR) is 112 cm³/mol. The van der Waals surface area contributed by atoms with Crippen LogP contribution in [0.5, 0.6) is 0 Å². The van der Waals surface area contributed by atoms with Crippen molar-refractivity contribution in [2.24, 2.45) is 0 Å².